The van der Waals surface area contributed by atoms with Crippen LogP contribution in [0, 0.1) is 5.82 Å². The van der Waals surface area contributed by atoms with Crippen LogP contribution in [0.4, 0.5) is 4.39 Å². The van der Waals surface area contributed by atoms with Crippen molar-refractivity contribution in [3.8, 4) is 0 Å². The minimum atomic E-state index is -3.60. The van der Waals surface area contributed by atoms with Crippen LogP contribution in [0.1, 0.15) is 54.5 Å². The van der Waals surface area contributed by atoms with Crippen LogP contribution in [0.25, 0.3) is 0 Å². The lowest BCUT2D eigenvalue weighted by molar-refractivity contribution is 0.0528. The second-order valence-electron chi connectivity index (χ2n) is 8.82. The maximum absolute atomic E-state index is 15.2. The van der Waals surface area contributed by atoms with Crippen LogP contribution in [0.5, 0.6) is 0 Å². The summed E-state index contributed by atoms with van der Waals surface area (Å²) in [6, 6.07) is 14.3. The molecule has 2 saturated heterocycles. The Balaban J connectivity index is 1.60. The molecule has 0 aromatic heterocycles. The Morgan fingerprint density at radius 3 is 2.48 bits per heavy atom. The van der Waals surface area contributed by atoms with Gasteiger partial charge in [-0.3, -0.25) is 0 Å². The normalized spacial score (nSPS) is 25.9. The van der Waals surface area contributed by atoms with Crippen molar-refractivity contribution < 1.29 is 17.5 Å². The van der Waals surface area contributed by atoms with E-state index in [-0.39, 0.29) is 23.8 Å². The summed E-state index contributed by atoms with van der Waals surface area (Å²) in [6.07, 6.45) is 2.85. The molecular formula is C24H31FN2O3S. The highest BCUT2D eigenvalue weighted by Gasteiger charge is 2.41. The van der Waals surface area contributed by atoms with Crippen LogP contribution in [-0.4, -0.2) is 38.5 Å². The van der Waals surface area contributed by atoms with Crippen molar-refractivity contribution in [3.63, 3.8) is 0 Å². The first-order valence-electron chi connectivity index (χ1n) is 11.0. The van der Waals surface area contributed by atoms with Gasteiger partial charge in [-0.1, -0.05) is 42.5 Å². The molecule has 2 heterocycles. The van der Waals surface area contributed by atoms with Gasteiger partial charge >= 0.3 is 0 Å². The Morgan fingerprint density at radius 1 is 1.13 bits per heavy atom. The Hall–Kier alpha value is -1.80. The van der Waals surface area contributed by atoms with E-state index < -0.39 is 15.3 Å². The zero-order valence-electron chi connectivity index (χ0n) is 18.0. The zero-order chi connectivity index (χ0) is 22.1. The van der Waals surface area contributed by atoms with Crippen LogP contribution in [-0.2, 0) is 26.7 Å². The molecule has 2 N–H and O–H groups in total. The lowest BCUT2D eigenvalue weighted by Gasteiger charge is -2.38. The van der Waals surface area contributed by atoms with Crippen LogP contribution in [0.15, 0.2) is 48.5 Å². The van der Waals surface area contributed by atoms with E-state index in [0.29, 0.717) is 31.7 Å². The Morgan fingerprint density at radius 2 is 1.84 bits per heavy atom. The number of rotatable bonds is 5. The highest BCUT2D eigenvalue weighted by molar-refractivity contribution is 7.89. The third-order valence-electron chi connectivity index (χ3n) is 7.03. The first-order chi connectivity index (χ1) is 14.9. The molecule has 0 saturated carbocycles. The van der Waals surface area contributed by atoms with Gasteiger partial charge in [-0.15, -0.1) is 0 Å². The standard InChI is InChI=1S/C24H31FN2O3S/c1-18-7-10-23(19-5-3-2-4-6-19)31(28,29)27(18)16-20-8-9-21(15-22(20)25)24(17-26)11-13-30-14-12-24/h2-6,8-9,15,18,23H,7,10-14,16-17,26H2,1H3. The van der Waals surface area contributed by atoms with Crippen molar-refractivity contribution in [3.05, 3.63) is 71.0 Å². The third-order valence-corrected chi connectivity index (χ3v) is 9.40. The number of nitrogens with zero attached hydrogens (tertiary/aromatic N) is 1. The number of ether oxygens (including phenoxy) is 1. The molecule has 2 fully saturated rings. The van der Waals surface area contributed by atoms with Gasteiger partial charge in [0.1, 0.15) is 11.1 Å². The Kier molecular flexibility index (Phi) is 6.49. The van der Waals surface area contributed by atoms with Gasteiger partial charge in [0.25, 0.3) is 0 Å². The van der Waals surface area contributed by atoms with E-state index in [0.717, 1.165) is 30.4 Å². The first-order valence-corrected chi connectivity index (χ1v) is 12.5. The van der Waals surface area contributed by atoms with Gasteiger partial charge in [0.15, 0.2) is 0 Å². The molecule has 5 nitrogen and oxygen atoms in total. The van der Waals surface area contributed by atoms with Crippen molar-refractivity contribution in [1.82, 2.24) is 4.31 Å². The van der Waals surface area contributed by atoms with E-state index in [9.17, 15) is 8.42 Å². The SMILES string of the molecule is CC1CCC(c2ccccc2)S(=O)(=O)N1Cc1ccc(C2(CN)CCOCC2)cc1F. The predicted octanol–water partition coefficient (Wildman–Crippen LogP) is 3.89. The van der Waals surface area contributed by atoms with E-state index in [1.165, 1.54) is 4.31 Å². The molecule has 2 aromatic rings. The van der Waals surface area contributed by atoms with Gasteiger partial charge in [-0.05, 0) is 49.8 Å². The molecular weight excluding hydrogens is 415 g/mol. The summed E-state index contributed by atoms with van der Waals surface area (Å²) in [6.45, 7) is 3.61. The van der Waals surface area contributed by atoms with Gasteiger partial charge in [0.05, 0.1) is 0 Å². The van der Waals surface area contributed by atoms with E-state index in [1.54, 1.807) is 12.1 Å². The molecule has 7 heteroatoms. The van der Waals surface area contributed by atoms with E-state index in [4.69, 9.17) is 10.5 Å². The Labute approximate surface area is 184 Å². The lowest BCUT2D eigenvalue weighted by atomic mass is 9.74. The Bertz CT molecular complexity index is 1010. The molecule has 0 amide bonds. The number of halogens is 1. The highest BCUT2D eigenvalue weighted by atomic mass is 32.2. The van der Waals surface area contributed by atoms with Crippen molar-refractivity contribution >= 4 is 10.0 Å². The number of hydrogen-bond acceptors (Lipinski definition) is 4. The van der Waals surface area contributed by atoms with Crippen LogP contribution in [0.2, 0.25) is 0 Å². The number of sulfonamides is 1. The molecule has 4 rings (SSSR count). The minimum absolute atomic E-state index is 0.0394. The fourth-order valence-electron chi connectivity index (χ4n) is 4.90. The molecule has 2 aromatic carbocycles. The quantitative estimate of drug-likeness (QED) is 0.756. The summed E-state index contributed by atoms with van der Waals surface area (Å²) < 4.78 is 49.0. The van der Waals surface area contributed by atoms with E-state index in [2.05, 4.69) is 0 Å². The van der Waals surface area contributed by atoms with Gasteiger partial charge in [0.2, 0.25) is 10.0 Å². The summed E-state index contributed by atoms with van der Waals surface area (Å²) in [5.41, 5.74) is 7.85. The lowest BCUT2D eigenvalue weighted by Crippen LogP contribution is -2.45. The molecule has 0 aliphatic carbocycles. The molecule has 2 unspecified atom stereocenters. The maximum Gasteiger partial charge on any atom is 0.221 e. The molecule has 0 radical (unpaired) electrons. The molecule has 168 valence electrons. The van der Waals surface area contributed by atoms with Crippen molar-refractivity contribution in [2.75, 3.05) is 19.8 Å². The van der Waals surface area contributed by atoms with Crippen molar-refractivity contribution in [2.45, 2.75) is 55.9 Å². The molecule has 2 aliphatic heterocycles. The number of nitrogens with two attached hydrogens (primary N) is 1. The average molecular weight is 447 g/mol. The van der Waals surface area contributed by atoms with Gasteiger partial charge in [0, 0.05) is 43.3 Å². The summed E-state index contributed by atoms with van der Waals surface area (Å²) in [5.74, 6) is -0.374. The van der Waals surface area contributed by atoms with Crippen molar-refractivity contribution in [2.24, 2.45) is 5.73 Å². The molecule has 31 heavy (non-hydrogen) atoms. The number of hydrogen-bond donors (Lipinski definition) is 1. The fraction of sp³-hybridized carbons (Fsp3) is 0.500. The van der Waals surface area contributed by atoms with Crippen molar-refractivity contribution in [1.29, 1.82) is 0 Å². The molecule has 0 bridgehead atoms. The fourth-order valence-corrected chi connectivity index (χ4v) is 7.09. The summed E-state index contributed by atoms with van der Waals surface area (Å²) in [4.78, 5) is 0. The van der Waals surface area contributed by atoms with Crippen LogP contribution < -0.4 is 5.73 Å². The monoisotopic (exact) mass is 446 g/mol. The number of benzene rings is 2. The maximum atomic E-state index is 15.2. The first kappa shape index (κ1) is 22.4. The molecule has 2 aliphatic rings. The highest BCUT2D eigenvalue weighted by Crippen LogP contribution is 2.39. The molecule has 0 spiro atoms. The predicted molar refractivity (Wildman–Crippen MR) is 120 cm³/mol. The van der Waals surface area contributed by atoms with E-state index >= 15 is 4.39 Å². The third kappa shape index (κ3) is 4.29. The minimum Gasteiger partial charge on any atom is -0.381 e. The van der Waals surface area contributed by atoms with Gasteiger partial charge in [-0.25, -0.2) is 12.8 Å². The summed E-state index contributed by atoms with van der Waals surface area (Å²) >= 11 is 0. The second kappa shape index (κ2) is 8.98. The topological polar surface area (TPSA) is 72.6 Å². The smallest absolute Gasteiger partial charge is 0.221 e. The van der Waals surface area contributed by atoms with Gasteiger partial charge in [-0.2, -0.15) is 4.31 Å². The largest absolute Gasteiger partial charge is 0.381 e. The van der Waals surface area contributed by atoms with Crippen LogP contribution in [0.3, 0.4) is 0 Å². The van der Waals surface area contributed by atoms with Crippen LogP contribution >= 0.6 is 0 Å². The summed E-state index contributed by atoms with van der Waals surface area (Å²) in [5, 5.41) is -0.588. The second-order valence-corrected chi connectivity index (χ2v) is 10.9. The van der Waals surface area contributed by atoms with E-state index in [1.807, 2.05) is 43.3 Å². The van der Waals surface area contributed by atoms with Gasteiger partial charge < -0.3 is 10.5 Å². The summed E-state index contributed by atoms with van der Waals surface area (Å²) in [7, 11) is -3.60. The zero-order valence-corrected chi connectivity index (χ0v) is 18.8. The average Bonchev–Trinajstić information content (AvgIpc) is 2.78. The molecule has 2 atom stereocenters.